The Morgan fingerprint density at radius 1 is 0.583 bits per heavy atom. The van der Waals surface area contributed by atoms with Gasteiger partial charge in [-0.2, -0.15) is 0 Å². The van der Waals surface area contributed by atoms with E-state index in [1.165, 1.54) is 0 Å². The molecule has 1 N–H and O–H groups in total. The molecular weight excluding hydrogens is 454 g/mol. The van der Waals surface area contributed by atoms with E-state index in [0.29, 0.717) is 22.3 Å². The molecule has 0 heterocycles. The Hall–Kier alpha value is -4.71. The molecule has 0 radical (unpaired) electrons. The predicted molar refractivity (Wildman–Crippen MR) is 135 cm³/mol. The van der Waals surface area contributed by atoms with Crippen LogP contribution < -0.4 is 5.32 Å². The summed E-state index contributed by atoms with van der Waals surface area (Å²) in [5, 5.41) is 2.90. The Bertz CT molecular complexity index is 1280. The summed E-state index contributed by atoms with van der Waals surface area (Å²) in [7, 11) is 0. The summed E-state index contributed by atoms with van der Waals surface area (Å²) in [4.78, 5) is 38.7. The minimum absolute atomic E-state index is 0.214. The van der Waals surface area contributed by atoms with Crippen LogP contribution in [0.3, 0.4) is 0 Å². The number of benzene rings is 4. The molecule has 0 saturated heterocycles. The molecule has 0 saturated carbocycles. The summed E-state index contributed by atoms with van der Waals surface area (Å²) in [6.45, 7) is -0.214. The van der Waals surface area contributed by atoms with E-state index in [1.807, 2.05) is 24.3 Å². The second-order valence-electron chi connectivity index (χ2n) is 8.01. The highest BCUT2D eigenvalue weighted by atomic mass is 16.6. The van der Waals surface area contributed by atoms with Crippen LogP contribution in [-0.2, 0) is 9.47 Å². The highest BCUT2D eigenvalue weighted by Crippen LogP contribution is 2.24. The molecule has 0 fully saturated rings. The first-order valence-electron chi connectivity index (χ1n) is 11.5. The van der Waals surface area contributed by atoms with E-state index in [4.69, 9.17) is 9.47 Å². The maximum atomic E-state index is 13.1. The van der Waals surface area contributed by atoms with Crippen LogP contribution in [0.15, 0.2) is 121 Å². The summed E-state index contributed by atoms with van der Waals surface area (Å²) < 4.78 is 11.5. The van der Waals surface area contributed by atoms with Crippen molar-refractivity contribution in [2.75, 3.05) is 6.61 Å². The zero-order valence-corrected chi connectivity index (χ0v) is 19.5. The Labute approximate surface area is 209 Å². The van der Waals surface area contributed by atoms with Gasteiger partial charge in [-0.05, 0) is 42.0 Å². The van der Waals surface area contributed by atoms with Gasteiger partial charge in [-0.15, -0.1) is 0 Å². The van der Waals surface area contributed by atoms with Gasteiger partial charge in [-0.25, -0.2) is 9.59 Å². The van der Waals surface area contributed by atoms with Crippen molar-refractivity contribution in [3.05, 3.63) is 144 Å². The summed E-state index contributed by atoms with van der Waals surface area (Å²) in [6.07, 6.45) is -0.921. The van der Waals surface area contributed by atoms with Crippen LogP contribution in [0, 0.1) is 0 Å². The molecule has 6 nitrogen and oxygen atoms in total. The van der Waals surface area contributed by atoms with Gasteiger partial charge < -0.3 is 14.8 Å². The first-order chi connectivity index (χ1) is 17.6. The molecule has 0 aliphatic heterocycles. The van der Waals surface area contributed by atoms with E-state index in [0.717, 1.165) is 0 Å². The van der Waals surface area contributed by atoms with Gasteiger partial charge in [-0.1, -0.05) is 84.9 Å². The fourth-order valence-electron chi connectivity index (χ4n) is 3.65. The van der Waals surface area contributed by atoms with Crippen LogP contribution in [-0.4, -0.2) is 30.5 Å². The van der Waals surface area contributed by atoms with E-state index in [9.17, 15) is 14.4 Å². The minimum Gasteiger partial charge on any atom is -0.460 e. The second-order valence-corrected chi connectivity index (χ2v) is 8.01. The monoisotopic (exact) mass is 479 g/mol. The second kappa shape index (κ2) is 12.1. The summed E-state index contributed by atoms with van der Waals surface area (Å²) >= 11 is 0. The molecule has 0 spiro atoms. The molecule has 180 valence electrons. The predicted octanol–water partition coefficient (Wildman–Crippen LogP) is 5.24. The molecule has 1 amide bonds. The standard InChI is InChI=1S/C30H25NO5/c32-28(23-15-7-2-8-16-23)31-26(21-35-29(33)24-17-9-3-10-18-24)27(22-13-5-1-6-14-22)36-30(34)25-19-11-4-12-20-25/h1-20,26-27H,21H2,(H,31,32)/t26-,27-/m0/s1. The molecular formula is C30H25NO5. The van der Waals surface area contributed by atoms with Crippen molar-refractivity contribution < 1.29 is 23.9 Å². The lowest BCUT2D eigenvalue weighted by molar-refractivity contribution is 0.00485. The molecule has 6 heteroatoms. The Balaban J connectivity index is 1.63. The number of ether oxygens (including phenoxy) is 2. The van der Waals surface area contributed by atoms with Gasteiger partial charge in [0.1, 0.15) is 12.6 Å². The molecule has 2 atom stereocenters. The Morgan fingerprint density at radius 3 is 1.56 bits per heavy atom. The first-order valence-corrected chi connectivity index (χ1v) is 11.5. The van der Waals surface area contributed by atoms with Gasteiger partial charge in [0.25, 0.3) is 5.91 Å². The van der Waals surface area contributed by atoms with Gasteiger partial charge in [-0.3, -0.25) is 4.79 Å². The number of carbonyl (C=O) groups excluding carboxylic acids is 3. The lowest BCUT2D eigenvalue weighted by Crippen LogP contribution is -2.44. The van der Waals surface area contributed by atoms with Crippen molar-refractivity contribution in [2.45, 2.75) is 12.1 Å². The van der Waals surface area contributed by atoms with Crippen molar-refractivity contribution in [2.24, 2.45) is 0 Å². The summed E-state index contributed by atoms with van der Waals surface area (Å²) in [5.74, 6) is -1.48. The van der Waals surface area contributed by atoms with Gasteiger partial charge in [0.05, 0.1) is 11.1 Å². The quantitative estimate of drug-likeness (QED) is 0.332. The van der Waals surface area contributed by atoms with Gasteiger partial charge >= 0.3 is 11.9 Å². The number of amides is 1. The van der Waals surface area contributed by atoms with E-state index >= 15 is 0 Å². The SMILES string of the molecule is O=C(N[C@@H](COC(=O)c1ccccc1)[C@@H](OC(=O)c1ccccc1)c1ccccc1)c1ccccc1. The average molecular weight is 480 g/mol. The molecule has 4 rings (SSSR count). The van der Waals surface area contributed by atoms with E-state index in [1.54, 1.807) is 97.1 Å². The van der Waals surface area contributed by atoms with Crippen LogP contribution in [0.2, 0.25) is 0 Å². The van der Waals surface area contributed by atoms with Gasteiger partial charge in [0.15, 0.2) is 6.10 Å². The van der Waals surface area contributed by atoms with Crippen molar-refractivity contribution in [1.82, 2.24) is 5.32 Å². The van der Waals surface area contributed by atoms with Crippen LogP contribution >= 0.6 is 0 Å². The van der Waals surface area contributed by atoms with E-state index in [2.05, 4.69) is 5.32 Å². The summed E-state index contributed by atoms with van der Waals surface area (Å²) in [5.41, 5.74) is 1.82. The number of hydrogen-bond donors (Lipinski definition) is 1. The molecule has 0 bridgehead atoms. The van der Waals surface area contributed by atoms with Crippen LogP contribution in [0.4, 0.5) is 0 Å². The molecule has 0 aliphatic carbocycles. The van der Waals surface area contributed by atoms with Crippen LogP contribution in [0.25, 0.3) is 0 Å². The maximum absolute atomic E-state index is 13.1. The van der Waals surface area contributed by atoms with Crippen molar-refractivity contribution in [3.63, 3.8) is 0 Å². The molecule has 4 aromatic carbocycles. The largest absolute Gasteiger partial charge is 0.460 e. The summed E-state index contributed by atoms with van der Waals surface area (Å²) in [6, 6.07) is 34.0. The lowest BCUT2D eigenvalue weighted by atomic mass is 10.0. The van der Waals surface area contributed by atoms with Crippen molar-refractivity contribution >= 4 is 17.8 Å². The minimum atomic E-state index is -0.921. The van der Waals surface area contributed by atoms with Crippen LogP contribution in [0.5, 0.6) is 0 Å². The zero-order chi connectivity index (χ0) is 25.2. The first kappa shape index (κ1) is 24.4. The number of hydrogen-bond acceptors (Lipinski definition) is 5. The zero-order valence-electron chi connectivity index (χ0n) is 19.5. The lowest BCUT2D eigenvalue weighted by Gasteiger charge is -2.28. The van der Waals surface area contributed by atoms with Gasteiger partial charge in [0, 0.05) is 5.56 Å². The number of nitrogens with one attached hydrogen (secondary N) is 1. The molecule has 36 heavy (non-hydrogen) atoms. The fourth-order valence-corrected chi connectivity index (χ4v) is 3.65. The van der Waals surface area contributed by atoms with Crippen molar-refractivity contribution in [3.8, 4) is 0 Å². The highest BCUT2D eigenvalue weighted by molar-refractivity contribution is 5.94. The highest BCUT2D eigenvalue weighted by Gasteiger charge is 2.31. The third-order valence-corrected chi connectivity index (χ3v) is 5.49. The van der Waals surface area contributed by atoms with Crippen molar-refractivity contribution in [1.29, 1.82) is 0 Å². The normalized spacial score (nSPS) is 12.1. The molecule has 0 aliphatic rings. The average Bonchev–Trinajstić information content (AvgIpc) is 2.95. The topological polar surface area (TPSA) is 81.7 Å². The number of esters is 2. The van der Waals surface area contributed by atoms with E-state index < -0.39 is 24.1 Å². The van der Waals surface area contributed by atoms with Gasteiger partial charge in [0.2, 0.25) is 0 Å². The molecule has 0 aromatic heterocycles. The Kier molecular flexibility index (Phi) is 8.22. The fraction of sp³-hybridized carbons (Fsp3) is 0.100. The van der Waals surface area contributed by atoms with E-state index in [-0.39, 0.29) is 12.5 Å². The smallest absolute Gasteiger partial charge is 0.338 e. The molecule has 4 aromatic rings. The Morgan fingerprint density at radius 2 is 1.03 bits per heavy atom. The third-order valence-electron chi connectivity index (χ3n) is 5.49. The molecule has 0 unspecified atom stereocenters. The number of carbonyl (C=O) groups is 3. The number of rotatable bonds is 9. The maximum Gasteiger partial charge on any atom is 0.338 e. The van der Waals surface area contributed by atoms with Crippen LogP contribution in [0.1, 0.15) is 42.7 Å². The third kappa shape index (κ3) is 6.45.